The summed E-state index contributed by atoms with van der Waals surface area (Å²) in [6, 6.07) is -0.639. The van der Waals surface area contributed by atoms with Crippen LogP contribution in [0.3, 0.4) is 0 Å². The molecule has 0 spiro atoms. The van der Waals surface area contributed by atoms with E-state index < -0.39 is 63.6 Å². The highest BCUT2D eigenvalue weighted by atomic mass is 79.9. The summed E-state index contributed by atoms with van der Waals surface area (Å²) in [5.74, 6) is -2.76. The molecule has 0 saturated heterocycles. The first-order valence-corrected chi connectivity index (χ1v) is 22.0. The zero-order valence-corrected chi connectivity index (χ0v) is 28.7. The number of hydrogen-bond donors (Lipinski definition) is 2. The summed E-state index contributed by atoms with van der Waals surface area (Å²) in [6.07, 6.45) is -0.257. The van der Waals surface area contributed by atoms with Crippen molar-refractivity contribution in [2.75, 3.05) is 18.5 Å². The Morgan fingerprint density at radius 3 is 1.72 bits per heavy atom. The summed E-state index contributed by atoms with van der Waals surface area (Å²) < 4.78 is 16.1. The van der Waals surface area contributed by atoms with Gasteiger partial charge in [-0.25, -0.2) is 4.79 Å². The monoisotopic (exact) mass is 652 g/mol. The van der Waals surface area contributed by atoms with E-state index in [1.807, 2.05) is 0 Å². The molecule has 2 N–H and O–H groups in total. The summed E-state index contributed by atoms with van der Waals surface area (Å²) in [5, 5.41) is 5.13. The molecule has 0 aromatic carbocycles. The molecule has 0 aromatic heterocycles. The first kappa shape index (κ1) is 37.3. The zero-order valence-electron chi connectivity index (χ0n) is 25.2. The van der Waals surface area contributed by atoms with Crippen LogP contribution in [0.5, 0.6) is 0 Å². The number of ether oxygens (including phenoxy) is 3. The van der Waals surface area contributed by atoms with Gasteiger partial charge >= 0.3 is 17.9 Å². The van der Waals surface area contributed by atoms with Gasteiger partial charge in [0.25, 0.3) is 0 Å². The van der Waals surface area contributed by atoms with Crippen LogP contribution in [0.2, 0.25) is 51.4 Å². The van der Waals surface area contributed by atoms with Crippen molar-refractivity contribution in [1.29, 1.82) is 0 Å². The Morgan fingerprint density at radius 2 is 1.23 bits per heavy atom. The maximum absolute atomic E-state index is 13.2. The zero-order chi connectivity index (χ0) is 30.4. The molecule has 0 aliphatic rings. The minimum absolute atomic E-state index is 0.0194. The fourth-order valence-electron chi connectivity index (χ4n) is 3.04. The van der Waals surface area contributed by atoms with E-state index in [0.717, 1.165) is 12.1 Å². The lowest BCUT2D eigenvalue weighted by molar-refractivity contribution is -0.155. The van der Waals surface area contributed by atoms with E-state index in [4.69, 9.17) is 14.2 Å². The van der Waals surface area contributed by atoms with Gasteiger partial charge in [0.2, 0.25) is 11.8 Å². The molecule has 0 heterocycles. The lowest BCUT2D eigenvalue weighted by Crippen LogP contribution is -2.52. The average Bonchev–Trinajstić information content (AvgIpc) is 2.75. The van der Waals surface area contributed by atoms with Gasteiger partial charge < -0.3 is 24.8 Å². The molecular weight excluding hydrogens is 604 g/mol. The Labute approximate surface area is 244 Å². The normalized spacial score (nSPS) is 13.6. The molecule has 10 nitrogen and oxygen atoms in total. The quantitative estimate of drug-likeness (QED) is 0.104. The third kappa shape index (κ3) is 20.8. The van der Waals surface area contributed by atoms with Gasteiger partial charge in [0.1, 0.15) is 17.7 Å². The Kier molecular flexibility index (Phi) is 16.4. The predicted octanol–water partition coefficient (Wildman–Crippen LogP) is 4.02. The Morgan fingerprint density at radius 1 is 0.744 bits per heavy atom. The fraction of sp³-hybridized carbons (Fsp3) is 0.808. The van der Waals surface area contributed by atoms with Crippen molar-refractivity contribution in [3.8, 4) is 0 Å². The average molecular weight is 654 g/mol. The number of carbonyl (C=O) groups is 5. The second-order valence-electron chi connectivity index (χ2n) is 13.0. The summed E-state index contributed by atoms with van der Waals surface area (Å²) >= 11 is 3.05. The van der Waals surface area contributed by atoms with Crippen molar-refractivity contribution >= 4 is 61.8 Å². The van der Waals surface area contributed by atoms with Crippen LogP contribution in [0.15, 0.2) is 0 Å². The third-order valence-corrected chi connectivity index (χ3v) is 9.20. The van der Waals surface area contributed by atoms with E-state index in [9.17, 15) is 24.0 Å². The molecule has 2 unspecified atom stereocenters. The fourth-order valence-corrected chi connectivity index (χ4v) is 4.63. The van der Waals surface area contributed by atoms with Crippen molar-refractivity contribution in [2.24, 2.45) is 0 Å². The molecular formula is C26H49BrN2O8Si2. The van der Waals surface area contributed by atoms with Gasteiger partial charge in [-0.3, -0.25) is 19.2 Å². The van der Waals surface area contributed by atoms with Gasteiger partial charge in [0.05, 0.1) is 18.5 Å². The number of amides is 2. The number of hydrogen-bond acceptors (Lipinski definition) is 8. The van der Waals surface area contributed by atoms with Crippen LogP contribution in [0.25, 0.3) is 0 Å². The molecule has 0 bridgehead atoms. The van der Waals surface area contributed by atoms with Gasteiger partial charge in [-0.15, -0.1) is 0 Å². The van der Waals surface area contributed by atoms with Crippen LogP contribution < -0.4 is 10.6 Å². The minimum Gasteiger partial charge on any atom is -0.466 e. The minimum atomic E-state index is -1.47. The smallest absolute Gasteiger partial charge is 0.328 e. The van der Waals surface area contributed by atoms with Crippen molar-refractivity contribution in [1.82, 2.24) is 10.6 Å². The number of alkyl halides is 1. The van der Waals surface area contributed by atoms with Crippen LogP contribution in [0.1, 0.15) is 46.5 Å². The standard InChI is InChI=1S/C26H49BrN2O8Si2/c1-26(2,3)37-23(32)13-10-19(28-21(30)18-27)24(33)29-20(25(34)36-15-17-39(7,8)9)11-12-22(31)35-14-16-38(4,5)6/h19-20H,10-18H2,1-9H3,(H,28,30)(H,29,33). The number of halogens is 1. The maximum Gasteiger partial charge on any atom is 0.328 e. The SMILES string of the molecule is CC(C)(C)OC(=O)CCC(NC(=O)CBr)C(=O)NC(CCC(=O)OCC[Si](C)(C)C)C(=O)OCC[Si](C)(C)C. The van der Waals surface area contributed by atoms with E-state index in [1.165, 1.54) is 0 Å². The second-order valence-corrected chi connectivity index (χ2v) is 24.8. The van der Waals surface area contributed by atoms with Crippen molar-refractivity contribution in [3.05, 3.63) is 0 Å². The molecule has 0 radical (unpaired) electrons. The lowest BCUT2D eigenvalue weighted by atomic mass is 10.1. The topological polar surface area (TPSA) is 137 Å². The van der Waals surface area contributed by atoms with Crippen molar-refractivity contribution < 1.29 is 38.2 Å². The number of rotatable bonds is 17. The van der Waals surface area contributed by atoms with Crippen molar-refractivity contribution in [3.63, 3.8) is 0 Å². The van der Waals surface area contributed by atoms with Gasteiger partial charge in [0, 0.05) is 29.0 Å². The highest BCUT2D eigenvalue weighted by molar-refractivity contribution is 9.09. The summed E-state index contributed by atoms with van der Waals surface area (Å²) in [6.45, 7) is 18.7. The van der Waals surface area contributed by atoms with Crippen LogP contribution in [-0.4, -0.2) is 82.1 Å². The largest absolute Gasteiger partial charge is 0.466 e. The van der Waals surface area contributed by atoms with Crippen molar-refractivity contribution in [2.45, 2.75) is 116 Å². The van der Waals surface area contributed by atoms with Crippen LogP contribution in [-0.2, 0) is 38.2 Å². The molecule has 0 aliphatic heterocycles. The number of nitrogens with one attached hydrogen (secondary N) is 2. The van der Waals surface area contributed by atoms with E-state index in [1.54, 1.807) is 20.8 Å². The summed E-state index contributed by atoms with van der Waals surface area (Å²) in [5.41, 5.74) is -0.692. The third-order valence-electron chi connectivity index (χ3n) is 5.28. The first-order chi connectivity index (χ1) is 17.7. The molecule has 2 amide bonds. The van der Waals surface area contributed by atoms with E-state index in [-0.39, 0.29) is 37.6 Å². The molecule has 0 saturated carbocycles. The Bertz CT molecular complexity index is 835. The van der Waals surface area contributed by atoms with Crippen LogP contribution >= 0.6 is 15.9 Å². The van der Waals surface area contributed by atoms with Gasteiger partial charge in [-0.05, 0) is 45.7 Å². The van der Waals surface area contributed by atoms with E-state index in [2.05, 4.69) is 65.8 Å². The number of esters is 3. The Hall–Kier alpha value is -1.74. The molecule has 0 aliphatic carbocycles. The van der Waals surface area contributed by atoms with Gasteiger partial charge in [0.15, 0.2) is 0 Å². The first-order valence-electron chi connectivity index (χ1n) is 13.4. The summed E-state index contributed by atoms with van der Waals surface area (Å²) in [7, 11) is -2.84. The lowest BCUT2D eigenvalue weighted by Gasteiger charge is -2.24. The summed E-state index contributed by atoms with van der Waals surface area (Å²) in [4.78, 5) is 62.6. The maximum atomic E-state index is 13.2. The highest BCUT2D eigenvalue weighted by Crippen LogP contribution is 2.13. The van der Waals surface area contributed by atoms with E-state index >= 15 is 0 Å². The van der Waals surface area contributed by atoms with Gasteiger partial charge in [-0.2, -0.15) is 0 Å². The second kappa shape index (κ2) is 17.2. The highest BCUT2D eigenvalue weighted by Gasteiger charge is 2.30. The molecule has 0 rings (SSSR count). The molecule has 0 fully saturated rings. The molecule has 39 heavy (non-hydrogen) atoms. The van der Waals surface area contributed by atoms with E-state index in [0.29, 0.717) is 6.61 Å². The molecule has 226 valence electrons. The van der Waals surface area contributed by atoms with Gasteiger partial charge in [-0.1, -0.05) is 55.2 Å². The van der Waals surface area contributed by atoms with Crippen LogP contribution in [0.4, 0.5) is 0 Å². The molecule has 13 heteroatoms. The number of carbonyl (C=O) groups excluding carboxylic acids is 5. The Balaban J connectivity index is 5.44. The molecule has 2 atom stereocenters. The molecule has 0 aromatic rings. The van der Waals surface area contributed by atoms with Crippen LogP contribution in [0, 0.1) is 0 Å². The predicted molar refractivity (Wildman–Crippen MR) is 160 cm³/mol.